The van der Waals surface area contributed by atoms with Gasteiger partial charge in [0.2, 0.25) is 0 Å². The van der Waals surface area contributed by atoms with Crippen molar-refractivity contribution in [1.29, 1.82) is 10.5 Å². The number of carbonyl (C=O) groups is 2. The summed E-state index contributed by atoms with van der Waals surface area (Å²) in [5.74, 6) is -0.446. The molecule has 0 aliphatic carbocycles. The SMILES string of the molecule is CCCC(C(=O)O)N(C)Cc1cc(Cl)c(OCc2cccc(-c3cccc(COc4cc(OCc5cncc(C#N)c5)c(CN(C)C(CCO)C(=O)O)cc4Cl)c3C)c2C)cc1OCc1cncc(C#N)c1. The van der Waals surface area contributed by atoms with Crippen molar-refractivity contribution >= 4 is 35.1 Å². The first-order chi connectivity index (χ1) is 34.6. The minimum atomic E-state index is -1.07. The number of ether oxygens (including phenoxy) is 4. The summed E-state index contributed by atoms with van der Waals surface area (Å²) in [6, 6.07) is 24.6. The van der Waals surface area contributed by atoms with Gasteiger partial charge in [0.05, 0.1) is 21.2 Å². The minimum absolute atomic E-state index is 0.0268. The van der Waals surface area contributed by atoms with Gasteiger partial charge < -0.3 is 34.3 Å². The number of hydrogen-bond acceptors (Lipinski definition) is 13. The number of likely N-dealkylation sites (N-methyl/N-ethyl adjacent to an activating group) is 2. The molecule has 15 nitrogen and oxygen atoms in total. The van der Waals surface area contributed by atoms with Crippen LogP contribution in [0.1, 0.15) is 81.8 Å². The Balaban J connectivity index is 1.23. The van der Waals surface area contributed by atoms with Crippen LogP contribution in [-0.4, -0.2) is 79.8 Å². The number of nitrogens with zero attached hydrogens (tertiary/aromatic N) is 6. The van der Waals surface area contributed by atoms with Crippen molar-refractivity contribution in [3.05, 3.63) is 163 Å². The number of pyridine rings is 2. The van der Waals surface area contributed by atoms with Gasteiger partial charge in [-0.25, -0.2) is 0 Å². The Kier molecular flexibility index (Phi) is 19.3. The molecule has 6 rings (SSSR count). The van der Waals surface area contributed by atoms with Crippen molar-refractivity contribution in [3.63, 3.8) is 0 Å². The van der Waals surface area contributed by atoms with Gasteiger partial charge in [0.25, 0.3) is 0 Å². The molecule has 2 atom stereocenters. The van der Waals surface area contributed by atoms with E-state index in [-0.39, 0.29) is 57.6 Å². The number of aliphatic hydroxyl groups excluding tert-OH is 1. The second-order valence-corrected chi connectivity index (χ2v) is 18.2. The van der Waals surface area contributed by atoms with Crippen LogP contribution in [0.25, 0.3) is 11.1 Å². The molecule has 0 bridgehead atoms. The highest BCUT2D eigenvalue weighted by atomic mass is 35.5. The normalized spacial score (nSPS) is 11.9. The number of aliphatic hydroxyl groups is 1. The van der Waals surface area contributed by atoms with Crippen molar-refractivity contribution in [2.75, 3.05) is 20.7 Å². The van der Waals surface area contributed by atoms with Gasteiger partial charge in [-0.15, -0.1) is 0 Å². The predicted molar refractivity (Wildman–Crippen MR) is 272 cm³/mol. The third kappa shape index (κ3) is 14.0. The van der Waals surface area contributed by atoms with Gasteiger partial charge in [-0.1, -0.05) is 72.9 Å². The number of rotatable bonds is 25. The number of carboxylic acid groups (broad SMARTS) is 2. The molecule has 0 radical (unpaired) electrons. The molecule has 374 valence electrons. The quantitative estimate of drug-likeness (QED) is 0.0487. The van der Waals surface area contributed by atoms with Crippen molar-refractivity contribution in [1.82, 2.24) is 19.8 Å². The summed E-state index contributed by atoms with van der Waals surface area (Å²) in [6.45, 7) is 6.53. The molecule has 6 aromatic rings. The zero-order valence-electron chi connectivity index (χ0n) is 40.7. The zero-order chi connectivity index (χ0) is 51.9. The third-order valence-corrected chi connectivity index (χ3v) is 12.8. The van der Waals surface area contributed by atoms with Crippen LogP contribution in [-0.2, 0) is 49.1 Å². The molecule has 0 aliphatic heterocycles. The standard InChI is InChI=1S/C55H56Cl2N6O9/c1-6-9-48(54(65)66)62(4)28-42-18-46(56)52(20-50(42)69-30-38-16-36(22-58)24-60-26-38)71-32-40-10-7-12-44(34(40)2)45-13-8-11-41(35(45)3)33-72-53-21-51(70-31-39-17-37(23-59)25-61-27-39)43(19-47(53)57)29-63(5)49(14-15-64)55(67)68/h7-8,10-13,16-21,24-27,48-49,64H,6,9,14-15,28-33H2,1-5H3,(H,65,66)(H,67,68). The van der Waals surface area contributed by atoms with E-state index >= 15 is 0 Å². The molecule has 3 N–H and O–H groups in total. The summed E-state index contributed by atoms with van der Waals surface area (Å²) in [7, 11) is 3.40. The average molecular weight is 1020 g/mol. The van der Waals surface area contributed by atoms with E-state index in [1.54, 1.807) is 72.7 Å². The summed E-state index contributed by atoms with van der Waals surface area (Å²) >= 11 is 13.7. The zero-order valence-corrected chi connectivity index (χ0v) is 42.2. The van der Waals surface area contributed by atoms with Gasteiger partial charge in [-0.3, -0.25) is 29.4 Å². The van der Waals surface area contributed by atoms with Gasteiger partial charge in [0, 0.05) is 78.9 Å². The second-order valence-electron chi connectivity index (χ2n) is 17.3. The second kappa shape index (κ2) is 25.7. The molecule has 0 spiro atoms. The van der Waals surface area contributed by atoms with Gasteiger partial charge in [0.15, 0.2) is 0 Å². The van der Waals surface area contributed by atoms with E-state index in [0.717, 1.165) is 33.4 Å². The van der Waals surface area contributed by atoms with E-state index in [4.69, 9.17) is 42.1 Å². The molecular weight excluding hydrogens is 960 g/mol. The Hall–Kier alpha value is -7.24. The predicted octanol–water partition coefficient (Wildman–Crippen LogP) is 10.1. The number of nitriles is 2. The summed E-state index contributed by atoms with van der Waals surface area (Å²) < 4.78 is 25.4. The highest BCUT2D eigenvalue weighted by molar-refractivity contribution is 6.32. The number of benzene rings is 4. The van der Waals surface area contributed by atoms with E-state index in [2.05, 4.69) is 22.1 Å². The number of hydrogen-bond donors (Lipinski definition) is 3. The lowest BCUT2D eigenvalue weighted by Gasteiger charge is -2.26. The first-order valence-electron chi connectivity index (χ1n) is 23.1. The lowest BCUT2D eigenvalue weighted by Crippen LogP contribution is -2.38. The smallest absolute Gasteiger partial charge is 0.321 e. The van der Waals surface area contributed by atoms with Crippen molar-refractivity contribution in [3.8, 4) is 46.3 Å². The summed E-state index contributed by atoms with van der Waals surface area (Å²) in [4.78, 5) is 35.8. The molecule has 4 aromatic carbocycles. The van der Waals surface area contributed by atoms with Crippen LogP contribution < -0.4 is 18.9 Å². The van der Waals surface area contributed by atoms with Crippen molar-refractivity contribution in [2.45, 2.75) is 91.6 Å². The van der Waals surface area contributed by atoms with Crippen LogP contribution in [0.15, 0.2) is 97.6 Å². The third-order valence-electron chi connectivity index (χ3n) is 12.3. The van der Waals surface area contributed by atoms with E-state index in [0.29, 0.717) is 74.2 Å². The van der Waals surface area contributed by atoms with Crippen molar-refractivity contribution in [2.24, 2.45) is 0 Å². The van der Waals surface area contributed by atoms with E-state index in [1.165, 1.54) is 12.4 Å². The molecule has 2 aromatic heterocycles. The van der Waals surface area contributed by atoms with Crippen LogP contribution >= 0.6 is 23.2 Å². The minimum Gasteiger partial charge on any atom is -0.488 e. The fraction of sp³-hybridized carbons (Fsp3) is 0.309. The number of halogens is 2. The maximum atomic E-state index is 12.2. The first kappa shape index (κ1) is 54.1. The Morgan fingerprint density at radius 1 is 0.611 bits per heavy atom. The number of carboxylic acids is 2. The molecule has 0 amide bonds. The van der Waals surface area contributed by atoms with Gasteiger partial charge >= 0.3 is 11.9 Å². The molecule has 0 saturated carbocycles. The van der Waals surface area contributed by atoms with E-state index < -0.39 is 24.0 Å². The van der Waals surface area contributed by atoms with Crippen molar-refractivity contribution < 1.29 is 43.9 Å². The summed E-state index contributed by atoms with van der Waals surface area (Å²) in [5.41, 5.74) is 9.08. The molecular formula is C55H56Cl2N6O9. The van der Waals surface area contributed by atoms with Gasteiger partial charge in [0.1, 0.15) is 73.6 Å². The first-order valence-corrected chi connectivity index (χ1v) is 23.9. The Labute approximate surface area is 429 Å². The molecule has 0 fully saturated rings. The molecule has 17 heteroatoms. The van der Waals surface area contributed by atoms with Crippen LogP contribution in [0.3, 0.4) is 0 Å². The maximum absolute atomic E-state index is 12.2. The van der Waals surface area contributed by atoms with E-state index in [9.17, 15) is 35.4 Å². The van der Waals surface area contributed by atoms with Gasteiger partial charge in [-0.2, -0.15) is 10.5 Å². The van der Waals surface area contributed by atoms with Crippen LogP contribution in [0.2, 0.25) is 10.0 Å². The van der Waals surface area contributed by atoms with E-state index in [1.807, 2.05) is 57.2 Å². The molecule has 2 heterocycles. The van der Waals surface area contributed by atoms with Crippen LogP contribution in [0.4, 0.5) is 0 Å². The van der Waals surface area contributed by atoms with Gasteiger partial charge in [-0.05, 0) is 98.4 Å². The van der Waals surface area contributed by atoms with Crippen LogP contribution in [0, 0.1) is 36.5 Å². The highest BCUT2D eigenvalue weighted by Gasteiger charge is 2.26. The lowest BCUT2D eigenvalue weighted by atomic mass is 9.92. The highest BCUT2D eigenvalue weighted by Crippen LogP contribution is 2.38. The summed E-state index contributed by atoms with van der Waals surface area (Å²) in [6.07, 6.45) is 7.32. The Bertz CT molecular complexity index is 2780. The van der Waals surface area contributed by atoms with Crippen LogP contribution in [0.5, 0.6) is 23.0 Å². The molecule has 2 unspecified atom stereocenters. The number of aliphatic carboxylic acids is 2. The largest absolute Gasteiger partial charge is 0.488 e. The summed E-state index contributed by atoms with van der Waals surface area (Å²) in [5, 5.41) is 48.8. The molecule has 72 heavy (non-hydrogen) atoms. The lowest BCUT2D eigenvalue weighted by molar-refractivity contribution is -0.144. The monoisotopic (exact) mass is 1010 g/mol. The maximum Gasteiger partial charge on any atom is 0.321 e. The average Bonchev–Trinajstić information content (AvgIpc) is 3.36. The molecule has 0 aliphatic rings. The Morgan fingerprint density at radius 2 is 1.03 bits per heavy atom. The fourth-order valence-electron chi connectivity index (χ4n) is 8.26. The topological polar surface area (TPSA) is 212 Å². The Morgan fingerprint density at radius 3 is 1.42 bits per heavy atom. The number of aromatic nitrogens is 2. The fourth-order valence-corrected chi connectivity index (χ4v) is 8.74. The molecule has 0 saturated heterocycles.